The summed E-state index contributed by atoms with van der Waals surface area (Å²) in [6.45, 7) is 3.27. The van der Waals surface area contributed by atoms with Gasteiger partial charge < -0.3 is 20.4 Å². The number of carbonyl (C=O) groups excluding carboxylic acids is 1. The van der Waals surface area contributed by atoms with Gasteiger partial charge in [-0.3, -0.25) is 0 Å². The molecule has 1 aliphatic rings. The Bertz CT molecular complexity index is 372. The Labute approximate surface area is 99.6 Å². The molecule has 0 aromatic rings. The number of hydrogen-bond acceptors (Lipinski definition) is 3. The number of carbonyl (C=O) groups is 2. The Morgan fingerprint density at radius 2 is 2.12 bits per heavy atom. The van der Waals surface area contributed by atoms with Crippen molar-refractivity contribution in [2.75, 3.05) is 6.54 Å². The lowest BCUT2D eigenvalue weighted by Gasteiger charge is -2.27. The van der Waals surface area contributed by atoms with Gasteiger partial charge >= 0.3 is 12.0 Å². The van der Waals surface area contributed by atoms with Gasteiger partial charge in [-0.25, -0.2) is 9.59 Å². The van der Waals surface area contributed by atoms with Crippen molar-refractivity contribution in [1.29, 1.82) is 0 Å². The van der Waals surface area contributed by atoms with Crippen LogP contribution in [0.15, 0.2) is 0 Å². The third-order valence-corrected chi connectivity index (χ3v) is 2.61. The summed E-state index contributed by atoms with van der Waals surface area (Å²) in [6.07, 6.45) is 4.46. The number of nitrogens with zero attached hydrogens (tertiary/aromatic N) is 1. The van der Waals surface area contributed by atoms with Crippen molar-refractivity contribution in [2.24, 2.45) is 0 Å². The molecule has 94 valence electrons. The molecule has 1 heterocycles. The van der Waals surface area contributed by atoms with E-state index in [1.54, 1.807) is 13.8 Å². The molecule has 6 nitrogen and oxygen atoms in total. The number of amides is 2. The van der Waals surface area contributed by atoms with Crippen molar-refractivity contribution < 1.29 is 19.8 Å². The van der Waals surface area contributed by atoms with Gasteiger partial charge in [0.25, 0.3) is 0 Å². The molecule has 0 spiro atoms. The first kappa shape index (κ1) is 13.3. The van der Waals surface area contributed by atoms with E-state index in [2.05, 4.69) is 11.2 Å². The lowest BCUT2D eigenvalue weighted by Crippen LogP contribution is -2.52. The van der Waals surface area contributed by atoms with Gasteiger partial charge in [0, 0.05) is 13.0 Å². The van der Waals surface area contributed by atoms with Gasteiger partial charge in [-0.15, -0.1) is 6.42 Å². The fraction of sp³-hybridized carbons (Fsp3) is 0.636. The SMILES string of the molecule is C#CC(C)(C)NC(=O)N1C[C@@H](O)C[C@H]1C(=O)O. The number of terminal acetylenes is 1. The van der Waals surface area contributed by atoms with Crippen LogP contribution in [0, 0.1) is 12.3 Å². The first-order valence-corrected chi connectivity index (χ1v) is 5.24. The van der Waals surface area contributed by atoms with Crippen LogP contribution in [0.3, 0.4) is 0 Å². The van der Waals surface area contributed by atoms with E-state index in [9.17, 15) is 14.7 Å². The third-order valence-electron chi connectivity index (χ3n) is 2.61. The van der Waals surface area contributed by atoms with Crippen LogP contribution in [0.4, 0.5) is 4.79 Å². The van der Waals surface area contributed by atoms with E-state index >= 15 is 0 Å². The van der Waals surface area contributed by atoms with Crippen molar-refractivity contribution in [3.05, 3.63) is 0 Å². The molecule has 1 aliphatic heterocycles. The maximum Gasteiger partial charge on any atom is 0.326 e. The summed E-state index contributed by atoms with van der Waals surface area (Å²) >= 11 is 0. The maximum atomic E-state index is 11.8. The number of nitrogens with one attached hydrogen (secondary N) is 1. The highest BCUT2D eigenvalue weighted by Gasteiger charge is 2.39. The fourth-order valence-corrected chi connectivity index (χ4v) is 1.65. The Balaban J connectivity index is 2.75. The molecule has 1 saturated heterocycles. The van der Waals surface area contributed by atoms with Gasteiger partial charge in [0.05, 0.1) is 11.6 Å². The van der Waals surface area contributed by atoms with E-state index in [0.29, 0.717) is 0 Å². The van der Waals surface area contributed by atoms with E-state index in [0.717, 1.165) is 4.90 Å². The van der Waals surface area contributed by atoms with Crippen LogP contribution in [-0.2, 0) is 4.79 Å². The topological polar surface area (TPSA) is 89.9 Å². The quantitative estimate of drug-likeness (QED) is 0.574. The molecule has 1 fully saturated rings. The molecule has 17 heavy (non-hydrogen) atoms. The van der Waals surface area contributed by atoms with Gasteiger partial charge in [0.1, 0.15) is 6.04 Å². The maximum absolute atomic E-state index is 11.8. The molecule has 2 atom stereocenters. The van der Waals surface area contributed by atoms with Crippen LogP contribution in [0.2, 0.25) is 0 Å². The first-order chi connectivity index (χ1) is 7.76. The zero-order valence-corrected chi connectivity index (χ0v) is 9.80. The minimum absolute atomic E-state index is 0.00342. The number of urea groups is 1. The zero-order chi connectivity index (χ0) is 13.2. The summed E-state index contributed by atoms with van der Waals surface area (Å²) in [4.78, 5) is 23.8. The number of β-amino-alcohol motifs (C(OH)–C–C–N with tert-alkyl or cyclic N) is 1. The van der Waals surface area contributed by atoms with Gasteiger partial charge in [0.2, 0.25) is 0 Å². The van der Waals surface area contributed by atoms with E-state index < -0.39 is 29.7 Å². The van der Waals surface area contributed by atoms with Gasteiger partial charge in [-0.2, -0.15) is 0 Å². The first-order valence-electron chi connectivity index (χ1n) is 5.24. The second-order valence-corrected chi connectivity index (χ2v) is 4.60. The van der Waals surface area contributed by atoms with Crippen molar-refractivity contribution in [3.8, 4) is 12.3 Å². The van der Waals surface area contributed by atoms with E-state index in [1.807, 2.05) is 0 Å². The van der Waals surface area contributed by atoms with Crippen LogP contribution < -0.4 is 5.32 Å². The Kier molecular flexibility index (Phi) is 3.63. The minimum atomic E-state index is -1.13. The van der Waals surface area contributed by atoms with Crippen LogP contribution in [0.5, 0.6) is 0 Å². The van der Waals surface area contributed by atoms with Crippen molar-refractivity contribution >= 4 is 12.0 Å². The Morgan fingerprint density at radius 1 is 1.53 bits per heavy atom. The van der Waals surface area contributed by atoms with Crippen molar-refractivity contribution in [1.82, 2.24) is 10.2 Å². The molecule has 0 saturated carbocycles. The summed E-state index contributed by atoms with van der Waals surface area (Å²) in [7, 11) is 0. The molecule has 0 aromatic carbocycles. The highest BCUT2D eigenvalue weighted by atomic mass is 16.4. The third kappa shape index (κ3) is 3.11. The zero-order valence-electron chi connectivity index (χ0n) is 9.80. The highest BCUT2D eigenvalue weighted by Crippen LogP contribution is 2.18. The predicted octanol–water partition coefficient (Wildman–Crippen LogP) is -0.372. The lowest BCUT2D eigenvalue weighted by molar-refractivity contribution is -0.141. The van der Waals surface area contributed by atoms with Crippen LogP contribution in [-0.4, -0.2) is 51.3 Å². The molecule has 1 rings (SSSR count). The summed E-state index contributed by atoms with van der Waals surface area (Å²) in [5.41, 5.74) is -0.853. The average Bonchev–Trinajstić information content (AvgIpc) is 2.60. The summed E-state index contributed by atoms with van der Waals surface area (Å²) in [6, 6.07) is -1.57. The molecule has 0 radical (unpaired) electrons. The van der Waals surface area contributed by atoms with Crippen LogP contribution >= 0.6 is 0 Å². The number of carboxylic acids is 1. The molecule has 0 aromatic heterocycles. The monoisotopic (exact) mass is 240 g/mol. The number of aliphatic carboxylic acids is 1. The standard InChI is InChI=1S/C11H16N2O4/c1-4-11(2,3)12-10(17)13-6-7(14)5-8(13)9(15)16/h1,7-8,14H,5-6H2,2-3H3,(H,12,17)(H,15,16)/t7-,8-/m0/s1. The van der Waals surface area contributed by atoms with E-state index in [-0.39, 0.29) is 13.0 Å². The molecule has 2 amide bonds. The minimum Gasteiger partial charge on any atom is -0.480 e. The number of likely N-dealkylation sites (tertiary alicyclic amines) is 1. The number of aliphatic hydroxyl groups excluding tert-OH is 1. The molecule has 6 heteroatoms. The highest BCUT2D eigenvalue weighted by molar-refractivity contribution is 5.84. The summed E-state index contributed by atoms with van der Waals surface area (Å²) in [5, 5.41) is 20.9. The molecular weight excluding hydrogens is 224 g/mol. The number of hydrogen-bond donors (Lipinski definition) is 3. The molecule has 0 bridgehead atoms. The lowest BCUT2D eigenvalue weighted by atomic mass is 10.1. The van der Waals surface area contributed by atoms with Crippen molar-refractivity contribution in [3.63, 3.8) is 0 Å². The normalized spacial score (nSPS) is 24.2. The van der Waals surface area contributed by atoms with Gasteiger partial charge in [-0.1, -0.05) is 5.92 Å². The molecular formula is C11H16N2O4. The molecule has 0 aliphatic carbocycles. The fourth-order valence-electron chi connectivity index (χ4n) is 1.65. The average molecular weight is 240 g/mol. The largest absolute Gasteiger partial charge is 0.480 e. The summed E-state index contributed by atoms with van der Waals surface area (Å²) in [5.74, 6) is 1.25. The second-order valence-electron chi connectivity index (χ2n) is 4.60. The number of carboxylic acid groups (broad SMARTS) is 1. The van der Waals surface area contributed by atoms with Gasteiger partial charge in [-0.05, 0) is 13.8 Å². The number of aliphatic hydroxyl groups is 1. The van der Waals surface area contributed by atoms with Crippen LogP contribution in [0.1, 0.15) is 20.3 Å². The second kappa shape index (κ2) is 4.63. The number of rotatable bonds is 2. The van der Waals surface area contributed by atoms with E-state index in [1.165, 1.54) is 0 Å². The van der Waals surface area contributed by atoms with Gasteiger partial charge in [0.15, 0.2) is 0 Å². The summed E-state index contributed by atoms with van der Waals surface area (Å²) < 4.78 is 0. The van der Waals surface area contributed by atoms with E-state index in [4.69, 9.17) is 11.5 Å². The predicted molar refractivity (Wildman–Crippen MR) is 60.2 cm³/mol. The smallest absolute Gasteiger partial charge is 0.326 e. The Hall–Kier alpha value is -1.74. The molecule has 3 N–H and O–H groups in total. The molecule has 0 unspecified atom stereocenters. The van der Waals surface area contributed by atoms with Crippen molar-refractivity contribution in [2.45, 2.75) is 38.0 Å². The van der Waals surface area contributed by atoms with Crippen LogP contribution in [0.25, 0.3) is 0 Å². The Morgan fingerprint density at radius 3 is 2.59 bits per heavy atom.